The van der Waals surface area contributed by atoms with Gasteiger partial charge in [0.05, 0.1) is 0 Å². The summed E-state index contributed by atoms with van der Waals surface area (Å²) in [5, 5.41) is 0. The number of halogens is 1. The molecule has 1 atom stereocenters. The van der Waals surface area contributed by atoms with E-state index in [9.17, 15) is 4.79 Å². The lowest BCUT2D eigenvalue weighted by Gasteiger charge is -2.27. The van der Waals surface area contributed by atoms with Crippen molar-refractivity contribution < 1.29 is 4.79 Å². The van der Waals surface area contributed by atoms with E-state index < -0.39 is 0 Å². The van der Waals surface area contributed by atoms with E-state index in [-0.39, 0.29) is 5.41 Å². The first-order valence-corrected chi connectivity index (χ1v) is 5.93. The highest BCUT2D eigenvalue weighted by molar-refractivity contribution is 9.10. The van der Waals surface area contributed by atoms with Gasteiger partial charge in [0.2, 0.25) is 0 Å². The van der Waals surface area contributed by atoms with Crippen LogP contribution in [-0.2, 0) is 10.2 Å². The molecule has 2 rings (SSSR count). The van der Waals surface area contributed by atoms with Crippen LogP contribution in [0.4, 0.5) is 0 Å². The molecular formula is C12H14BrNO. The molecule has 0 aliphatic heterocycles. The standard InChI is InChI=1S/C12H14BrNO/c13-10-3-1-2-9(6-10)12(8-14)5-4-11(15)7-12/h1-3,6H,4-5,7-8,14H2. The zero-order valence-electron chi connectivity index (χ0n) is 8.50. The van der Waals surface area contributed by atoms with Gasteiger partial charge in [0.25, 0.3) is 0 Å². The zero-order valence-corrected chi connectivity index (χ0v) is 10.1. The second kappa shape index (κ2) is 4.06. The normalized spacial score (nSPS) is 25.9. The molecule has 3 heteroatoms. The van der Waals surface area contributed by atoms with Crippen LogP contribution in [0.5, 0.6) is 0 Å². The van der Waals surface area contributed by atoms with Crippen molar-refractivity contribution in [2.45, 2.75) is 24.7 Å². The highest BCUT2D eigenvalue weighted by atomic mass is 79.9. The van der Waals surface area contributed by atoms with E-state index in [2.05, 4.69) is 28.1 Å². The Labute approximate surface area is 98.0 Å². The first kappa shape index (κ1) is 10.8. The zero-order chi connectivity index (χ0) is 10.9. The molecule has 1 aliphatic rings. The average Bonchev–Trinajstić information content (AvgIpc) is 2.61. The van der Waals surface area contributed by atoms with Crippen LogP contribution in [0.25, 0.3) is 0 Å². The molecule has 1 unspecified atom stereocenters. The Morgan fingerprint density at radius 1 is 1.47 bits per heavy atom. The maximum atomic E-state index is 11.4. The van der Waals surface area contributed by atoms with Crippen LogP contribution in [0.3, 0.4) is 0 Å². The number of hydrogen-bond acceptors (Lipinski definition) is 2. The van der Waals surface area contributed by atoms with Gasteiger partial charge in [0.1, 0.15) is 5.78 Å². The lowest BCUT2D eigenvalue weighted by atomic mass is 9.79. The molecule has 80 valence electrons. The van der Waals surface area contributed by atoms with Gasteiger partial charge in [-0.25, -0.2) is 0 Å². The van der Waals surface area contributed by atoms with Crippen molar-refractivity contribution in [2.75, 3.05) is 6.54 Å². The molecule has 0 bridgehead atoms. The second-order valence-electron chi connectivity index (χ2n) is 4.21. The topological polar surface area (TPSA) is 43.1 Å². The lowest BCUT2D eigenvalue weighted by Crippen LogP contribution is -2.32. The maximum absolute atomic E-state index is 11.4. The minimum atomic E-state index is -0.110. The maximum Gasteiger partial charge on any atom is 0.133 e. The lowest BCUT2D eigenvalue weighted by molar-refractivity contribution is -0.117. The van der Waals surface area contributed by atoms with Crippen molar-refractivity contribution in [1.29, 1.82) is 0 Å². The molecule has 0 spiro atoms. The molecular weight excluding hydrogens is 254 g/mol. The third-order valence-electron chi connectivity index (χ3n) is 3.25. The van der Waals surface area contributed by atoms with Gasteiger partial charge in [-0.3, -0.25) is 4.79 Å². The summed E-state index contributed by atoms with van der Waals surface area (Å²) in [5.41, 5.74) is 6.92. The summed E-state index contributed by atoms with van der Waals surface area (Å²) >= 11 is 3.45. The number of carbonyl (C=O) groups excluding carboxylic acids is 1. The highest BCUT2D eigenvalue weighted by Gasteiger charge is 2.38. The predicted molar refractivity (Wildman–Crippen MR) is 63.7 cm³/mol. The van der Waals surface area contributed by atoms with Gasteiger partial charge in [0.15, 0.2) is 0 Å². The average molecular weight is 268 g/mol. The minimum Gasteiger partial charge on any atom is -0.330 e. The van der Waals surface area contributed by atoms with Crippen molar-refractivity contribution in [3.8, 4) is 0 Å². The van der Waals surface area contributed by atoms with Gasteiger partial charge in [-0.05, 0) is 24.1 Å². The van der Waals surface area contributed by atoms with Crippen molar-refractivity contribution in [1.82, 2.24) is 0 Å². The predicted octanol–water partition coefficient (Wildman–Crippen LogP) is 2.40. The molecule has 0 heterocycles. The molecule has 0 radical (unpaired) electrons. The Hall–Kier alpha value is -0.670. The Balaban J connectivity index is 2.38. The third kappa shape index (κ3) is 1.99. The highest BCUT2D eigenvalue weighted by Crippen LogP contribution is 2.39. The van der Waals surface area contributed by atoms with Crippen molar-refractivity contribution in [3.05, 3.63) is 34.3 Å². The third-order valence-corrected chi connectivity index (χ3v) is 3.74. The molecule has 1 aromatic carbocycles. The second-order valence-corrected chi connectivity index (χ2v) is 5.13. The first-order valence-electron chi connectivity index (χ1n) is 5.14. The van der Waals surface area contributed by atoms with E-state index in [1.807, 2.05) is 12.1 Å². The van der Waals surface area contributed by atoms with Gasteiger partial charge < -0.3 is 5.73 Å². The van der Waals surface area contributed by atoms with Gasteiger partial charge in [0, 0.05) is 29.3 Å². The minimum absolute atomic E-state index is 0.110. The molecule has 0 aromatic heterocycles. The fourth-order valence-electron chi connectivity index (χ4n) is 2.29. The van der Waals surface area contributed by atoms with Gasteiger partial charge in [-0.1, -0.05) is 28.1 Å². The van der Waals surface area contributed by atoms with E-state index >= 15 is 0 Å². The summed E-state index contributed by atoms with van der Waals surface area (Å²) < 4.78 is 1.05. The number of carbonyl (C=O) groups is 1. The number of benzene rings is 1. The van der Waals surface area contributed by atoms with Crippen LogP contribution >= 0.6 is 15.9 Å². The fourth-order valence-corrected chi connectivity index (χ4v) is 2.69. The van der Waals surface area contributed by atoms with Gasteiger partial charge in [-0.15, -0.1) is 0 Å². The Morgan fingerprint density at radius 2 is 2.27 bits per heavy atom. The van der Waals surface area contributed by atoms with E-state index in [0.29, 0.717) is 25.2 Å². The van der Waals surface area contributed by atoms with E-state index in [4.69, 9.17) is 5.73 Å². The van der Waals surface area contributed by atoms with Crippen LogP contribution in [0.1, 0.15) is 24.8 Å². The number of Topliss-reactive ketones (excluding diaryl/α,β-unsaturated/α-hetero) is 1. The summed E-state index contributed by atoms with van der Waals surface area (Å²) in [4.78, 5) is 11.4. The number of hydrogen-bond donors (Lipinski definition) is 1. The Bertz CT molecular complexity index is 391. The summed E-state index contributed by atoms with van der Waals surface area (Å²) in [5.74, 6) is 0.334. The molecule has 1 saturated carbocycles. The summed E-state index contributed by atoms with van der Waals surface area (Å²) in [6, 6.07) is 8.13. The molecule has 1 aromatic rings. The molecule has 1 aliphatic carbocycles. The molecule has 0 saturated heterocycles. The largest absolute Gasteiger partial charge is 0.330 e. The number of ketones is 1. The summed E-state index contributed by atoms with van der Waals surface area (Å²) in [6.07, 6.45) is 2.16. The fraction of sp³-hybridized carbons (Fsp3) is 0.417. The van der Waals surface area contributed by atoms with Gasteiger partial charge in [-0.2, -0.15) is 0 Å². The van der Waals surface area contributed by atoms with Gasteiger partial charge >= 0.3 is 0 Å². The van der Waals surface area contributed by atoms with E-state index in [0.717, 1.165) is 10.9 Å². The van der Waals surface area contributed by atoms with Crippen LogP contribution < -0.4 is 5.73 Å². The number of nitrogens with two attached hydrogens (primary N) is 1. The van der Waals surface area contributed by atoms with Crippen molar-refractivity contribution >= 4 is 21.7 Å². The van der Waals surface area contributed by atoms with Crippen molar-refractivity contribution in [2.24, 2.45) is 5.73 Å². The Kier molecular flexibility index (Phi) is 2.94. The first-order chi connectivity index (χ1) is 7.16. The monoisotopic (exact) mass is 267 g/mol. The molecule has 15 heavy (non-hydrogen) atoms. The van der Waals surface area contributed by atoms with Crippen LogP contribution in [0, 0.1) is 0 Å². The summed E-state index contributed by atoms with van der Waals surface area (Å²) in [6.45, 7) is 0.551. The van der Waals surface area contributed by atoms with Crippen molar-refractivity contribution in [3.63, 3.8) is 0 Å². The SMILES string of the molecule is NCC1(c2cccc(Br)c2)CCC(=O)C1. The van der Waals surface area contributed by atoms with Crippen LogP contribution in [0.15, 0.2) is 28.7 Å². The molecule has 0 amide bonds. The van der Waals surface area contributed by atoms with Crippen LogP contribution in [-0.4, -0.2) is 12.3 Å². The quantitative estimate of drug-likeness (QED) is 0.895. The molecule has 2 N–H and O–H groups in total. The van der Waals surface area contributed by atoms with E-state index in [1.165, 1.54) is 5.56 Å². The summed E-state index contributed by atoms with van der Waals surface area (Å²) in [7, 11) is 0. The molecule has 2 nitrogen and oxygen atoms in total. The molecule has 1 fully saturated rings. The Morgan fingerprint density at radius 3 is 2.80 bits per heavy atom. The smallest absolute Gasteiger partial charge is 0.133 e. The number of rotatable bonds is 2. The van der Waals surface area contributed by atoms with Crippen LogP contribution in [0.2, 0.25) is 0 Å². The van der Waals surface area contributed by atoms with E-state index in [1.54, 1.807) is 0 Å².